The molecule has 0 amide bonds. The van der Waals surface area contributed by atoms with Crippen molar-refractivity contribution in [3.63, 3.8) is 0 Å². The van der Waals surface area contributed by atoms with Gasteiger partial charge in [-0.3, -0.25) is 4.98 Å². The van der Waals surface area contributed by atoms with Crippen LogP contribution in [0.15, 0.2) is 24.4 Å². The molecule has 1 heterocycles. The molecular weight excluding hydrogens is 226 g/mol. The first-order chi connectivity index (χ1) is 7.65. The molecule has 1 aromatic heterocycles. The van der Waals surface area contributed by atoms with Crippen LogP contribution in [0.2, 0.25) is 5.02 Å². The Hall–Kier alpha value is -1.61. The van der Waals surface area contributed by atoms with Crippen molar-refractivity contribution in [3.05, 3.63) is 40.5 Å². The highest BCUT2D eigenvalue weighted by Gasteiger charge is 2.14. The molecule has 0 radical (unpaired) electrons. The molecule has 4 heteroatoms. The van der Waals surface area contributed by atoms with Gasteiger partial charge in [0.05, 0.1) is 23.2 Å². The lowest BCUT2D eigenvalue weighted by Gasteiger charge is -2.06. The molecule has 0 aliphatic rings. The summed E-state index contributed by atoms with van der Waals surface area (Å²) in [6.07, 6.45) is 1.45. The lowest BCUT2D eigenvalue weighted by molar-refractivity contribution is 0.0600. The monoisotopic (exact) mass is 235 g/mol. The van der Waals surface area contributed by atoms with E-state index >= 15 is 0 Å². The van der Waals surface area contributed by atoms with E-state index in [1.54, 1.807) is 0 Å². The Morgan fingerprint density at radius 1 is 1.44 bits per heavy atom. The second-order valence-electron chi connectivity index (χ2n) is 3.45. The zero-order valence-electron chi connectivity index (χ0n) is 8.95. The largest absolute Gasteiger partial charge is 0.465 e. The van der Waals surface area contributed by atoms with E-state index in [-0.39, 0.29) is 0 Å². The first kappa shape index (κ1) is 10.9. The van der Waals surface area contributed by atoms with E-state index in [4.69, 9.17) is 11.6 Å². The number of methoxy groups -OCH3 is 1. The van der Waals surface area contributed by atoms with E-state index in [0.717, 1.165) is 16.5 Å². The minimum atomic E-state index is -0.471. The Morgan fingerprint density at radius 3 is 2.88 bits per heavy atom. The van der Waals surface area contributed by atoms with Crippen LogP contribution in [0.1, 0.15) is 15.9 Å². The third kappa shape index (κ3) is 1.63. The fourth-order valence-electron chi connectivity index (χ4n) is 1.59. The predicted molar refractivity (Wildman–Crippen MR) is 62.8 cm³/mol. The molecule has 1 aromatic carbocycles. The number of hydrogen-bond acceptors (Lipinski definition) is 3. The number of nitrogens with zero attached hydrogens (tertiary/aromatic N) is 1. The molecule has 0 unspecified atom stereocenters. The van der Waals surface area contributed by atoms with Crippen molar-refractivity contribution in [3.8, 4) is 0 Å². The molecule has 0 N–H and O–H groups in total. The maximum atomic E-state index is 11.4. The smallest absolute Gasteiger partial charge is 0.340 e. The fraction of sp³-hybridized carbons (Fsp3) is 0.167. The lowest BCUT2D eigenvalue weighted by atomic mass is 10.1. The Morgan fingerprint density at radius 2 is 2.19 bits per heavy atom. The molecule has 0 aliphatic heterocycles. The minimum Gasteiger partial charge on any atom is -0.465 e. The summed E-state index contributed by atoms with van der Waals surface area (Å²) in [5.41, 5.74) is 2.12. The first-order valence-electron chi connectivity index (χ1n) is 4.77. The first-order valence-corrected chi connectivity index (χ1v) is 5.15. The number of aryl methyl sites for hydroxylation is 1. The topological polar surface area (TPSA) is 39.2 Å². The van der Waals surface area contributed by atoms with Crippen LogP contribution >= 0.6 is 11.6 Å². The summed E-state index contributed by atoms with van der Waals surface area (Å²) in [6, 6.07) is 5.67. The summed E-state index contributed by atoms with van der Waals surface area (Å²) in [5, 5.41) is 1.16. The van der Waals surface area contributed by atoms with Crippen LogP contribution in [0, 0.1) is 6.92 Å². The number of carbonyl (C=O) groups is 1. The maximum absolute atomic E-state index is 11.4. The fourth-order valence-corrected chi connectivity index (χ4v) is 1.87. The normalized spacial score (nSPS) is 10.4. The molecule has 2 aromatic rings. The molecule has 0 saturated carbocycles. The average molecular weight is 236 g/mol. The van der Waals surface area contributed by atoms with Gasteiger partial charge in [0.1, 0.15) is 0 Å². The van der Waals surface area contributed by atoms with Gasteiger partial charge in [-0.25, -0.2) is 4.79 Å². The van der Waals surface area contributed by atoms with Crippen molar-refractivity contribution in [1.29, 1.82) is 0 Å². The number of esters is 1. The van der Waals surface area contributed by atoms with Gasteiger partial charge in [-0.1, -0.05) is 29.8 Å². The number of halogens is 1. The molecule has 16 heavy (non-hydrogen) atoms. The third-order valence-electron chi connectivity index (χ3n) is 2.44. The predicted octanol–water partition coefficient (Wildman–Crippen LogP) is 2.98. The van der Waals surface area contributed by atoms with Crippen LogP contribution in [0.5, 0.6) is 0 Å². The quantitative estimate of drug-likeness (QED) is 0.714. The average Bonchev–Trinajstić information content (AvgIpc) is 2.30. The molecule has 3 nitrogen and oxygen atoms in total. The van der Waals surface area contributed by atoms with Crippen molar-refractivity contribution >= 4 is 28.5 Å². The minimum absolute atomic E-state index is 0.294. The summed E-state index contributed by atoms with van der Waals surface area (Å²) < 4.78 is 4.63. The van der Waals surface area contributed by atoms with Gasteiger partial charge < -0.3 is 4.74 Å². The van der Waals surface area contributed by atoms with Gasteiger partial charge in [-0.15, -0.1) is 0 Å². The van der Waals surface area contributed by atoms with Gasteiger partial charge in [-0.2, -0.15) is 0 Å². The second-order valence-corrected chi connectivity index (χ2v) is 3.83. The number of rotatable bonds is 1. The van der Waals surface area contributed by atoms with Crippen LogP contribution in [-0.2, 0) is 4.74 Å². The number of benzene rings is 1. The summed E-state index contributed by atoms with van der Waals surface area (Å²) in [7, 11) is 1.32. The number of hydrogen-bond donors (Lipinski definition) is 0. The van der Waals surface area contributed by atoms with Crippen molar-refractivity contribution in [2.45, 2.75) is 6.92 Å². The van der Waals surface area contributed by atoms with Gasteiger partial charge in [0.2, 0.25) is 0 Å². The summed E-state index contributed by atoms with van der Waals surface area (Å²) in [5.74, 6) is -0.471. The molecule has 0 spiro atoms. The second kappa shape index (κ2) is 4.10. The van der Waals surface area contributed by atoms with E-state index in [2.05, 4.69) is 9.72 Å². The van der Waals surface area contributed by atoms with Crippen LogP contribution in [0.4, 0.5) is 0 Å². The van der Waals surface area contributed by atoms with Gasteiger partial charge in [0.15, 0.2) is 0 Å². The Balaban J connectivity index is 2.75. The number of para-hydroxylation sites is 1. The summed E-state index contributed by atoms with van der Waals surface area (Å²) in [6.45, 7) is 1.95. The van der Waals surface area contributed by atoms with Crippen molar-refractivity contribution in [1.82, 2.24) is 4.98 Å². The molecule has 0 atom stereocenters. The van der Waals surface area contributed by atoms with Gasteiger partial charge in [0, 0.05) is 11.6 Å². The third-order valence-corrected chi connectivity index (χ3v) is 2.85. The molecule has 2 rings (SSSR count). The number of aromatic nitrogens is 1. The standard InChI is InChI=1S/C12H10ClNO2/c1-7-4-3-5-8-10(13)9(12(15)16-2)6-14-11(7)8/h3-6H,1-2H3. The zero-order chi connectivity index (χ0) is 11.7. The van der Waals surface area contributed by atoms with Crippen molar-refractivity contribution in [2.24, 2.45) is 0 Å². The molecule has 82 valence electrons. The van der Waals surface area contributed by atoms with E-state index < -0.39 is 5.97 Å². The van der Waals surface area contributed by atoms with Crippen LogP contribution in [0.25, 0.3) is 10.9 Å². The molecule has 0 bridgehead atoms. The van der Waals surface area contributed by atoms with Gasteiger partial charge in [0.25, 0.3) is 0 Å². The van der Waals surface area contributed by atoms with E-state index in [1.165, 1.54) is 13.3 Å². The SMILES string of the molecule is COC(=O)c1cnc2c(C)cccc2c1Cl. The van der Waals surface area contributed by atoms with Crippen LogP contribution < -0.4 is 0 Å². The molecular formula is C12H10ClNO2. The van der Waals surface area contributed by atoms with Crippen LogP contribution in [-0.4, -0.2) is 18.1 Å². The van der Waals surface area contributed by atoms with E-state index in [0.29, 0.717) is 10.6 Å². The van der Waals surface area contributed by atoms with Crippen molar-refractivity contribution < 1.29 is 9.53 Å². The molecule has 0 fully saturated rings. The zero-order valence-corrected chi connectivity index (χ0v) is 9.71. The van der Waals surface area contributed by atoms with Gasteiger partial charge >= 0.3 is 5.97 Å². The number of carbonyl (C=O) groups excluding carboxylic acids is 1. The Kier molecular flexibility index (Phi) is 2.79. The highest BCUT2D eigenvalue weighted by molar-refractivity contribution is 6.38. The maximum Gasteiger partial charge on any atom is 0.340 e. The number of fused-ring (bicyclic) bond motifs is 1. The Labute approximate surface area is 98.0 Å². The Bertz CT molecular complexity index is 566. The highest BCUT2D eigenvalue weighted by Crippen LogP contribution is 2.27. The molecule has 0 saturated heterocycles. The molecule has 0 aliphatic carbocycles. The summed E-state index contributed by atoms with van der Waals surface area (Å²) in [4.78, 5) is 15.6. The van der Waals surface area contributed by atoms with E-state index in [1.807, 2.05) is 25.1 Å². The van der Waals surface area contributed by atoms with Crippen molar-refractivity contribution in [2.75, 3.05) is 7.11 Å². The number of ether oxygens (including phenoxy) is 1. The number of pyridine rings is 1. The van der Waals surface area contributed by atoms with E-state index in [9.17, 15) is 4.79 Å². The highest BCUT2D eigenvalue weighted by atomic mass is 35.5. The lowest BCUT2D eigenvalue weighted by Crippen LogP contribution is -2.03. The van der Waals surface area contributed by atoms with Crippen LogP contribution in [0.3, 0.4) is 0 Å². The summed E-state index contributed by atoms with van der Waals surface area (Å²) >= 11 is 6.15. The van der Waals surface area contributed by atoms with Gasteiger partial charge in [-0.05, 0) is 12.5 Å².